The minimum Gasteiger partial charge on any atom is -0.391 e. The van der Waals surface area contributed by atoms with Crippen molar-refractivity contribution in [3.8, 4) is 0 Å². The number of aliphatic hydroxyl groups is 1. The third-order valence-electron chi connectivity index (χ3n) is 4.42. The maximum atomic E-state index is 10.6. The van der Waals surface area contributed by atoms with Crippen LogP contribution in [0, 0.1) is 0 Å². The van der Waals surface area contributed by atoms with Crippen molar-refractivity contribution in [2.75, 3.05) is 13.1 Å². The Bertz CT molecular complexity index is 442. The molecule has 1 N–H and O–H groups in total. The zero-order valence-electron chi connectivity index (χ0n) is 13.4. The van der Waals surface area contributed by atoms with Crippen LogP contribution in [0.25, 0.3) is 0 Å². The lowest BCUT2D eigenvalue weighted by Gasteiger charge is -2.39. The summed E-state index contributed by atoms with van der Waals surface area (Å²) >= 11 is 1.67. The third kappa shape index (κ3) is 3.41. The monoisotopic (exact) mass is 296 g/mol. The van der Waals surface area contributed by atoms with Crippen LogP contribution in [-0.4, -0.2) is 39.7 Å². The first-order valence-electron chi connectivity index (χ1n) is 7.59. The van der Waals surface area contributed by atoms with Crippen LogP contribution < -0.4 is 0 Å². The molecule has 1 aromatic heterocycles. The standard InChI is InChI=1S/C16H28N2OS/c1-15(2,3)12-11-20-14(17-12)10-13(19)16(4,5)18-8-6-7-9-18/h11,13,19H,6-10H2,1-5H3. The molecule has 0 aliphatic carbocycles. The van der Waals surface area contributed by atoms with Gasteiger partial charge in [0.25, 0.3) is 0 Å². The van der Waals surface area contributed by atoms with E-state index in [9.17, 15) is 5.11 Å². The van der Waals surface area contributed by atoms with Crippen LogP contribution in [0.5, 0.6) is 0 Å². The van der Waals surface area contributed by atoms with E-state index in [0.717, 1.165) is 23.8 Å². The summed E-state index contributed by atoms with van der Waals surface area (Å²) in [5.41, 5.74) is 1.05. The number of aliphatic hydroxyl groups excluding tert-OH is 1. The summed E-state index contributed by atoms with van der Waals surface area (Å²) in [6.07, 6.45) is 2.80. The second-order valence-electron chi connectivity index (χ2n) is 7.44. The Labute approximate surface area is 127 Å². The van der Waals surface area contributed by atoms with Gasteiger partial charge >= 0.3 is 0 Å². The molecule has 2 heterocycles. The molecule has 0 radical (unpaired) electrons. The van der Waals surface area contributed by atoms with Gasteiger partial charge in [-0.05, 0) is 39.8 Å². The van der Waals surface area contributed by atoms with Crippen molar-refractivity contribution in [3.05, 3.63) is 16.1 Å². The lowest BCUT2D eigenvalue weighted by Crippen LogP contribution is -2.51. The van der Waals surface area contributed by atoms with Crippen LogP contribution in [0.4, 0.5) is 0 Å². The van der Waals surface area contributed by atoms with Gasteiger partial charge in [0.15, 0.2) is 0 Å². The van der Waals surface area contributed by atoms with Gasteiger partial charge in [-0.15, -0.1) is 11.3 Å². The molecule has 1 unspecified atom stereocenters. The molecule has 1 aromatic rings. The van der Waals surface area contributed by atoms with E-state index in [0.29, 0.717) is 6.42 Å². The Morgan fingerprint density at radius 1 is 1.25 bits per heavy atom. The van der Waals surface area contributed by atoms with Crippen molar-refractivity contribution in [2.45, 2.75) is 70.9 Å². The molecule has 1 fully saturated rings. The maximum absolute atomic E-state index is 10.6. The second-order valence-corrected chi connectivity index (χ2v) is 8.39. The minimum atomic E-state index is -0.362. The summed E-state index contributed by atoms with van der Waals surface area (Å²) in [7, 11) is 0. The highest BCUT2D eigenvalue weighted by atomic mass is 32.1. The predicted molar refractivity (Wildman–Crippen MR) is 85.4 cm³/mol. The number of hydrogen-bond donors (Lipinski definition) is 1. The van der Waals surface area contributed by atoms with Crippen molar-refractivity contribution < 1.29 is 5.11 Å². The number of aromatic nitrogens is 1. The first kappa shape index (κ1) is 15.9. The highest BCUT2D eigenvalue weighted by molar-refractivity contribution is 7.09. The molecule has 1 aliphatic rings. The van der Waals surface area contributed by atoms with Gasteiger partial charge < -0.3 is 5.11 Å². The molecular formula is C16H28N2OS. The summed E-state index contributed by atoms with van der Waals surface area (Å²) in [4.78, 5) is 7.11. The summed E-state index contributed by atoms with van der Waals surface area (Å²) in [6, 6.07) is 0. The van der Waals surface area contributed by atoms with Crippen LogP contribution in [-0.2, 0) is 11.8 Å². The molecule has 20 heavy (non-hydrogen) atoms. The molecule has 1 atom stereocenters. The molecule has 0 spiro atoms. The summed E-state index contributed by atoms with van der Waals surface area (Å²) in [5.74, 6) is 0. The quantitative estimate of drug-likeness (QED) is 0.927. The first-order chi connectivity index (χ1) is 9.21. The highest BCUT2D eigenvalue weighted by Gasteiger charge is 2.36. The van der Waals surface area contributed by atoms with E-state index >= 15 is 0 Å². The van der Waals surface area contributed by atoms with Gasteiger partial charge in [-0.1, -0.05) is 20.8 Å². The summed E-state index contributed by atoms with van der Waals surface area (Å²) in [6.45, 7) is 13.1. The van der Waals surface area contributed by atoms with Crippen LogP contribution in [0.15, 0.2) is 5.38 Å². The molecule has 1 aliphatic heterocycles. The van der Waals surface area contributed by atoms with E-state index in [2.05, 4.69) is 44.9 Å². The second kappa shape index (κ2) is 5.74. The average molecular weight is 296 g/mol. The topological polar surface area (TPSA) is 36.4 Å². The van der Waals surface area contributed by atoms with E-state index in [1.807, 2.05) is 0 Å². The van der Waals surface area contributed by atoms with Crippen molar-refractivity contribution in [3.63, 3.8) is 0 Å². The van der Waals surface area contributed by atoms with Gasteiger partial charge in [0, 0.05) is 22.8 Å². The Morgan fingerprint density at radius 2 is 1.85 bits per heavy atom. The molecule has 0 bridgehead atoms. The fraction of sp³-hybridized carbons (Fsp3) is 0.812. The van der Waals surface area contributed by atoms with Gasteiger partial charge in [0.2, 0.25) is 0 Å². The van der Waals surface area contributed by atoms with Crippen LogP contribution in [0.1, 0.15) is 58.2 Å². The maximum Gasteiger partial charge on any atom is 0.0955 e. The van der Waals surface area contributed by atoms with Crippen molar-refractivity contribution >= 4 is 11.3 Å². The highest BCUT2D eigenvalue weighted by Crippen LogP contribution is 2.29. The number of hydrogen-bond acceptors (Lipinski definition) is 4. The predicted octanol–water partition coefficient (Wildman–Crippen LogP) is 3.22. The van der Waals surface area contributed by atoms with Gasteiger partial charge in [0.1, 0.15) is 0 Å². The van der Waals surface area contributed by atoms with Crippen molar-refractivity contribution in [1.29, 1.82) is 0 Å². The van der Waals surface area contributed by atoms with Crippen molar-refractivity contribution in [2.24, 2.45) is 0 Å². The zero-order chi connectivity index (χ0) is 15.0. The Hall–Kier alpha value is -0.450. The largest absolute Gasteiger partial charge is 0.391 e. The lowest BCUT2D eigenvalue weighted by atomic mass is 9.92. The number of thiazole rings is 1. The fourth-order valence-corrected chi connectivity index (χ4v) is 3.73. The number of nitrogens with zero attached hydrogens (tertiary/aromatic N) is 2. The van der Waals surface area contributed by atoms with E-state index in [-0.39, 0.29) is 17.1 Å². The first-order valence-corrected chi connectivity index (χ1v) is 8.47. The number of rotatable bonds is 4. The summed E-state index contributed by atoms with van der Waals surface area (Å²) < 4.78 is 0. The van der Waals surface area contributed by atoms with Crippen molar-refractivity contribution in [1.82, 2.24) is 9.88 Å². The Morgan fingerprint density at radius 3 is 2.35 bits per heavy atom. The van der Waals surface area contributed by atoms with Gasteiger partial charge in [-0.3, -0.25) is 4.90 Å². The molecule has 114 valence electrons. The molecule has 0 aromatic carbocycles. The van der Waals surface area contributed by atoms with Crippen LogP contribution >= 0.6 is 11.3 Å². The molecule has 0 saturated carbocycles. The zero-order valence-corrected chi connectivity index (χ0v) is 14.3. The molecular weight excluding hydrogens is 268 g/mol. The lowest BCUT2D eigenvalue weighted by molar-refractivity contribution is 0.00332. The SMILES string of the molecule is CC(C)(C)c1csc(CC(O)C(C)(C)N2CCCC2)n1. The molecule has 2 rings (SSSR count). The number of likely N-dealkylation sites (tertiary alicyclic amines) is 1. The molecule has 0 amide bonds. The van der Waals surface area contributed by atoms with E-state index in [4.69, 9.17) is 4.98 Å². The average Bonchev–Trinajstić information content (AvgIpc) is 2.98. The van der Waals surface area contributed by atoms with Gasteiger partial charge in [-0.2, -0.15) is 0 Å². The van der Waals surface area contributed by atoms with Gasteiger partial charge in [-0.25, -0.2) is 4.98 Å². The van der Waals surface area contributed by atoms with Crippen LogP contribution in [0.2, 0.25) is 0 Å². The minimum absolute atomic E-state index is 0.0875. The molecule has 1 saturated heterocycles. The molecule has 4 heteroatoms. The Kier molecular flexibility index (Phi) is 4.57. The van der Waals surface area contributed by atoms with E-state index < -0.39 is 0 Å². The molecule has 3 nitrogen and oxygen atoms in total. The summed E-state index contributed by atoms with van der Waals surface area (Å²) in [5, 5.41) is 13.8. The fourth-order valence-electron chi connectivity index (χ4n) is 2.67. The van der Waals surface area contributed by atoms with Gasteiger partial charge in [0.05, 0.1) is 16.8 Å². The van der Waals surface area contributed by atoms with E-state index in [1.165, 1.54) is 12.8 Å². The smallest absolute Gasteiger partial charge is 0.0955 e. The third-order valence-corrected chi connectivity index (χ3v) is 5.30. The normalized spacial score (nSPS) is 19.5. The Balaban J connectivity index is 2.03. The van der Waals surface area contributed by atoms with E-state index in [1.54, 1.807) is 11.3 Å². The van der Waals surface area contributed by atoms with Crippen LogP contribution in [0.3, 0.4) is 0 Å².